The second kappa shape index (κ2) is 7.45. The van der Waals surface area contributed by atoms with Crippen LogP contribution in [0.5, 0.6) is 0 Å². The highest BCUT2D eigenvalue weighted by atomic mass is 14.9. The number of nitrogens with one attached hydrogen (secondary N) is 1. The SMILES string of the molecule is CCNC(CCCC(C)C)c1ccccc1. The van der Waals surface area contributed by atoms with Gasteiger partial charge in [-0.25, -0.2) is 0 Å². The maximum absolute atomic E-state index is 3.57. The molecule has 0 saturated carbocycles. The van der Waals surface area contributed by atoms with E-state index in [2.05, 4.69) is 56.4 Å². The lowest BCUT2D eigenvalue weighted by atomic mass is 9.98. The first kappa shape index (κ1) is 13.2. The molecule has 0 fully saturated rings. The Hall–Kier alpha value is -0.820. The summed E-state index contributed by atoms with van der Waals surface area (Å²) < 4.78 is 0. The highest BCUT2D eigenvalue weighted by Gasteiger charge is 2.09. The Balaban J connectivity index is 2.48. The Morgan fingerprint density at radius 1 is 1.06 bits per heavy atom. The molecule has 0 aliphatic heterocycles. The average Bonchev–Trinajstić information content (AvgIpc) is 2.29. The van der Waals surface area contributed by atoms with Gasteiger partial charge in [0.15, 0.2) is 0 Å². The topological polar surface area (TPSA) is 12.0 Å². The number of hydrogen-bond donors (Lipinski definition) is 1. The van der Waals surface area contributed by atoms with Gasteiger partial charge < -0.3 is 5.32 Å². The Morgan fingerprint density at radius 2 is 1.75 bits per heavy atom. The molecule has 90 valence electrons. The van der Waals surface area contributed by atoms with Gasteiger partial charge in [-0.05, 0) is 24.4 Å². The molecule has 1 nitrogen and oxygen atoms in total. The zero-order valence-corrected chi connectivity index (χ0v) is 10.9. The van der Waals surface area contributed by atoms with E-state index in [0.717, 1.165) is 12.5 Å². The van der Waals surface area contributed by atoms with Crippen molar-refractivity contribution in [2.45, 2.75) is 46.1 Å². The highest BCUT2D eigenvalue weighted by Crippen LogP contribution is 2.20. The van der Waals surface area contributed by atoms with Gasteiger partial charge in [-0.15, -0.1) is 0 Å². The van der Waals surface area contributed by atoms with Crippen LogP contribution in [0.2, 0.25) is 0 Å². The van der Waals surface area contributed by atoms with Crippen molar-refractivity contribution in [1.29, 1.82) is 0 Å². The van der Waals surface area contributed by atoms with E-state index in [1.54, 1.807) is 0 Å². The molecule has 0 amide bonds. The van der Waals surface area contributed by atoms with Crippen LogP contribution in [0.4, 0.5) is 0 Å². The molecule has 1 atom stereocenters. The predicted octanol–water partition coefficient (Wildman–Crippen LogP) is 4.16. The summed E-state index contributed by atoms with van der Waals surface area (Å²) in [5.74, 6) is 0.818. The largest absolute Gasteiger partial charge is 0.310 e. The van der Waals surface area contributed by atoms with Crippen LogP contribution in [0.1, 0.15) is 51.6 Å². The van der Waals surface area contributed by atoms with Crippen molar-refractivity contribution in [2.24, 2.45) is 5.92 Å². The second-order valence-electron chi connectivity index (χ2n) is 4.85. The molecule has 1 aromatic rings. The fraction of sp³-hybridized carbons (Fsp3) is 0.600. The maximum Gasteiger partial charge on any atom is 0.0320 e. The third kappa shape index (κ3) is 4.80. The first-order valence-electron chi connectivity index (χ1n) is 6.52. The van der Waals surface area contributed by atoms with E-state index in [9.17, 15) is 0 Å². The zero-order valence-electron chi connectivity index (χ0n) is 10.9. The van der Waals surface area contributed by atoms with Crippen LogP contribution in [-0.2, 0) is 0 Å². The van der Waals surface area contributed by atoms with Gasteiger partial charge in [0, 0.05) is 6.04 Å². The van der Waals surface area contributed by atoms with Crippen LogP contribution in [0.3, 0.4) is 0 Å². The Bertz CT molecular complexity index is 266. The Morgan fingerprint density at radius 3 is 2.31 bits per heavy atom. The lowest BCUT2D eigenvalue weighted by molar-refractivity contribution is 0.455. The first-order chi connectivity index (χ1) is 7.74. The van der Waals surface area contributed by atoms with Crippen molar-refractivity contribution in [1.82, 2.24) is 5.32 Å². The summed E-state index contributed by atoms with van der Waals surface area (Å²) >= 11 is 0. The summed E-state index contributed by atoms with van der Waals surface area (Å²) in [6.07, 6.45) is 3.88. The van der Waals surface area contributed by atoms with E-state index in [4.69, 9.17) is 0 Å². The molecule has 0 aliphatic carbocycles. The fourth-order valence-corrected chi connectivity index (χ4v) is 2.05. The van der Waals surface area contributed by atoms with Crippen molar-refractivity contribution in [3.8, 4) is 0 Å². The van der Waals surface area contributed by atoms with Crippen LogP contribution < -0.4 is 5.32 Å². The monoisotopic (exact) mass is 219 g/mol. The molecule has 0 aliphatic rings. The lowest BCUT2D eigenvalue weighted by Gasteiger charge is -2.18. The van der Waals surface area contributed by atoms with Crippen molar-refractivity contribution < 1.29 is 0 Å². The maximum atomic E-state index is 3.57. The predicted molar refractivity (Wildman–Crippen MR) is 71.5 cm³/mol. The summed E-state index contributed by atoms with van der Waals surface area (Å²) in [6.45, 7) is 7.81. The summed E-state index contributed by atoms with van der Waals surface area (Å²) in [6, 6.07) is 11.3. The normalized spacial score (nSPS) is 13.0. The molecule has 16 heavy (non-hydrogen) atoms. The molecule has 0 bridgehead atoms. The summed E-state index contributed by atoms with van der Waals surface area (Å²) in [4.78, 5) is 0. The van der Waals surface area contributed by atoms with E-state index in [0.29, 0.717) is 6.04 Å². The average molecular weight is 219 g/mol. The van der Waals surface area contributed by atoms with Gasteiger partial charge in [-0.1, -0.05) is 63.9 Å². The molecule has 1 aromatic carbocycles. The Labute approximate surface area is 100 Å². The van der Waals surface area contributed by atoms with E-state index in [-0.39, 0.29) is 0 Å². The summed E-state index contributed by atoms with van der Waals surface area (Å²) in [5.41, 5.74) is 1.42. The van der Waals surface area contributed by atoms with Gasteiger partial charge in [0.1, 0.15) is 0 Å². The number of rotatable bonds is 7. The van der Waals surface area contributed by atoms with Crippen molar-refractivity contribution in [3.05, 3.63) is 35.9 Å². The van der Waals surface area contributed by atoms with Gasteiger partial charge in [0.05, 0.1) is 0 Å². The molecule has 1 rings (SSSR count). The minimum absolute atomic E-state index is 0.532. The van der Waals surface area contributed by atoms with E-state index in [1.165, 1.54) is 24.8 Å². The van der Waals surface area contributed by atoms with E-state index >= 15 is 0 Å². The standard InChI is InChI=1S/C15H25N/c1-4-16-15(12-8-9-13(2)3)14-10-6-5-7-11-14/h5-7,10-11,13,15-16H,4,8-9,12H2,1-3H3. The summed E-state index contributed by atoms with van der Waals surface area (Å²) in [7, 11) is 0. The van der Waals surface area contributed by atoms with Crippen LogP contribution in [0.15, 0.2) is 30.3 Å². The Kier molecular flexibility index (Phi) is 6.17. The van der Waals surface area contributed by atoms with Gasteiger partial charge in [0.2, 0.25) is 0 Å². The minimum Gasteiger partial charge on any atom is -0.310 e. The van der Waals surface area contributed by atoms with Crippen LogP contribution in [0.25, 0.3) is 0 Å². The molecular formula is C15H25N. The van der Waals surface area contributed by atoms with Gasteiger partial charge in [-0.2, -0.15) is 0 Å². The number of hydrogen-bond acceptors (Lipinski definition) is 1. The van der Waals surface area contributed by atoms with Crippen molar-refractivity contribution in [3.63, 3.8) is 0 Å². The highest BCUT2D eigenvalue weighted by molar-refractivity contribution is 5.18. The molecule has 1 heteroatoms. The van der Waals surface area contributed by atoms with Crippen molar-refractivity contribution >= 4 is 0 Å². The van der Waals surface area contributed by atoms with Gasteiger partial charge in [0.25, 0.3) is 0 Å². The molecule has 0 radical (unpaired) electrons. The minimum atomic E-state index is 0.532. The lowest BCUT2D eigenvalue weighted by Crippen LogP contribution is -2.20. The van der Waals surface area contributed by atoms with Crippen LogP contribution in [-0.4, -0.2) is 6.54 Å². The van der Waals surface area contributed by atoms with Crippen LogP contribution >= 0.6 is 0 Å². The molecule has 1 unspecified atom stereocenters. The molecule has 1 N–H and O–H groups in total. The number of benzene rings is 1. The first-order valence-corrected chi connectivity index (χ1v) is 6.52. The smallest absolute Gasteiger partial charge is 0.0320 e. The quantitative estimate of drug-likeness (QED) is 0.726. The second-order valence-corrected chi connectivity index (χ2v) is 4.85. The fourth-order valence-electron chi connectivity index (χ4n) is 2.05. The third-order valence-corrected chi connectivity index (χ3v) is 2.93. The van der Waals surface area contributed by atoms with E-state index in [1.807, 2.05) is 0 Å². The van der Waals surface area contributed by atoms with Gasteiger partial charge in [-0.3, -0.25) is 0 Å². The van der Waals surface area contributed by atoms with Gasteiger partial charge >= 0.3 is 0 Å². The van der Waals surface area contributed by atoms with Crippen molar-refractivity contribution in [2.75, 3.05) is 6.54 Å². The van der Waals surface area contributed by atoms with Crippen LogP contribution in [0, 0.1) is 5.92 Å². The third-order valence-electron chi connectivity index (χ3n) is 2.93. The molecule has 0 spiro atoms. The van der Waals surface area contributed by atoms with E-state index < -0.39 is 0 Å². The molecule has 0 aromatic heterocycles. The summed E-state index contributed by atoms with van der Waals surface area (Å²) in [5, 5.41) is 3.57. The molecule has 0 saturated heterocycles. The molecular weight excluding hydrogens is 194 g/mol. The zero-order chi connectivity index (χ0) is 11.8. The molecule has 0 heterocycles.